The summed E-state index contributed by atoms with van der Waals surface area (Å²) in [4.78, 5) is 17.3. The molecule has 29 heavy (non-hydrogen) atoms. The van der Waals surface area contributed by atoms with Crippen LogP contribution in [0.1, 0.15) is 32.3 Å². The highest BCUT2D eigenvalue weighted by Gasteiger charge is 2.25. The number of rotatable bonds is 8. The smallest absolute Gasteiger partial charge is 0.241 e. The van der Waals surface area contributed by atoms with E-state index in [9.17, 15) is 4.79 Å². The van der Waals surface area contributed by atoms with Crippen molar-refractivity contribution in [1.29, 1.82) is 0 Å². The molecule has 0 unspecified atom stereocenters. The maximum Gasteiger partial charge on any atom is 0.241 e. The van der Waals surface area contributed by atoms with Crippen LogP contribution in [0.3, 0.4) is 0 Å². The molecule has 0 saturated carbocycles. The van der Waals surface area contributed by atoms with Crippen LogP contribution in [-0.4, -0.2) is 61.1 Å². The molecule has 0 bridgehead atoms. The first-order chi connectivity index (χ1) is 14.0. The van der Waals surface area contributed by atoms with Gasteiger partial charge in [-0.1, -0.05) is 44.2 Å². The third kappa shape index (κ3) is 6.31. The van der Waals surface area contributed by atoms with Gasteiger partial charge >= 0.3 is 0 Å². The fourth-order valence-corrected chi connectivity index (χ4v) is 3.55. The van der Waals surface area contributed by atoms with Gasteiger partial charge in [-0.15, -0.1) is 0 Å². The third-order valence-electron chi connectivity index (χ3n) is 5.60. The SMILES string of the molecule is CC(C)c1ccc(NC(=O)[C@H](C)N2CCN(CCOc3ccccc3)CC2)cc1. The minimum atomic E-state index is -0.137. The monoisotopic (exact) mass is 395 g/mol. The van der Waals surface area contributed by atoms with Crippen molar-refractivity contribution in [2.75, 3.05) is 44.6 Å². The average Bonchev–Trinajstić information content (AvgIpc) is 2.75. The topological polar surface area (TPSA) is 44.8 Å². The molecule has 1 atom stereocenters. The van der Waals surface area contributed by atoms with E-state index in [0.717, 1.165) is 44.2 Å². The van der Waals surface area contributed by atoms with Gasteiger partial charge in [-0.25, -0.2) is 0 Å². The number of hydrogen-bond donors (Lipinski definition) is 1. The predicted octanol–water partition coefficient (Wildman–Crippen LogP) is 3.83. The number of nitrogens with one attached hydrogen (secondary N) is 1. The number of carbonyl (C=O) groups is 1. The number of benzene rings is 2. The Balaban J connectivity index is 1.39. The molecule has 2 aromatic carbocycles. The van der Waals surface area contributed by atoms with Gasteiger partial charge in [-0.05, 0) is 42.7 Å². The second-order valence-electron chi connectivity index (χ2n) is 7.98. The lowest BCUT2D eigenvalue weighted by atomic mass is 10.0. The van der Waals surface area contributed by atoms with Gasteiger partial charge in [0.1, 0.15) is 12.4 Å². The molecular weight excluding hydrogens is 362 g/mol. The van der Waals surface area contributed by atoms with Crippen molar-refractivity contribution >= 4 is 11.6 Å². The lowest BCUT2D eigenvalue weighted by Gasteiger charge is -2.37. The normalized spacial score (nSPS) is 16.6. The molecule has 156 valence electrons. The zero-order valence-electron chi connectivity index (χ0n) is 17.8. The molecule has 1 amide bonds. The molecule has 0 aliphatic carbocycles. The molecule has 5 heteroatoms. The van der Waals surface area contributed by atoms with E-state index < -0.39 is 0 Å². The predicted molar refractivity (Wildman–Crippen MR) is 119 cm³/mol. The highest BCUT2D eigenvalue weighted by Crippen LogP contribution is 2.18. The van der Waals surface area contributed by atoms with Crippen molar-refractivity contribution in [3.8, 4) is 5.75 Å². The van der Waals surface area contributed by atoms with Crippen molar-refractivity contribution < 1.29 is 9.53 Å². The standard InChI is InChI=1S/C24H33N3O2/c1-19(2)21-9-11-22(12-10-21)25-24(28)20(3)27-15-13-26(14-16-27)17-18-29-23-7-5-4-6-8-23/h4-12,19-20H,13-18H2,1-3H3,(H,25,28)/t20-/m0/s1. The minimum Gasteiger partial charge on any atom is -0.492 e. The number of anilines is 1. The second kappa shape index (κ2) is 10.4. The lowest BCUT2D eigenvalue weighted by Crippen LogP contribution is -2.53. The molecule has 1 saturated heterocycles. The molecule has 1 N–H and O–H groups in total. The average molecular weight is 396 g/mol. The summed E-state index contributed by atoms with van der Waals surface area (Å²) in [7, 11) is 0. The van der Waals surface area contributed by atoms with Gasteiger partial charge in [0.25, 0.3) is 0 Å². The van der Waals surface area contributed by atoms with Gasteiger partial charge in [0, 0.05) is 38.4 Å². The third-order valence-corrected chi connectivity index (χ3v) is 5.60. The molecule has 1 heterocycles. The summed E-state index contributed by atoms with van der Waals surface area (Å²) in [5, 5.41) is 3.05. The van der Waals surface area contributed by atoms with Gasteiger partial charge in [0.15, 0.2) is 0 Å². The molecule has 1 aliphatic rings. The van der Waals surface area contributed by atoms with E-state index in [1.165, 1.54) is 5.56 Å². The van der Waals surface area contributed by atoms with E-state index >= 15 is 0 Å². The Hall–Kier alpha value is -2.37. The summed E-state index contributed by atoms with van der Waals surface area (Å²) in [6.45, 7) is 11.6. The summed E-state index contributed by atoms with van der Waals surface area (Å²) in [5.41, 5.74) is 2.14. The molecule has 1 aliphatic heterocycles. The van der Waals surface area contributed by atoms with Gasteiger partial charge in [-0.3, -0.25) is 14.6 Å². The van der Waals surface area contributed by atoms with E-state index in [0.29, 0.717) is 12.5 Å². The van der Waals surface area contributed by atoms with Crippen LogP contribution in [0, 0.1) is 0 Å². The number of nitrogens with zero attached hydrogens (tertiary/aromatic N) is 2. The Morgan fingerprint density at radius 3 is 2.24 bits per heavy atom. The molecule has 1 fully saturated rings. The van der Waals surface area contributed by atoms with Gasteiger partial charge in [0.05, 0.1) is 6.04 Å². The van der Waals surface area contributed by atoms with Crippen molar-refractivity contribution in [2.45, 2.75) is 32.7 Å². The molecule has 0 spiro atoms. The van der Waals surface area contributed by atoms with Crippen LogP contribution < -0.4 is 10.1 Å². The van der Waals surface area contributed by atoms with E-state index in [2.05, 4.69) is 41.1 Å². The zero-order valence-corrected chi connectivity index (χ0v) is 17.8. The number of carbonyl (C=O) groups excluding carboxylic acids is 1. The summed E-state index contributed by atoms with van der Waals surface area (Å²) in [6.07, 6.45) is 0. The summed E-state index contributed by atoms with van der Waals surface area (Å²) >= 11 is 0. The first-order valence-electron chi connectivity index (χ1n) is 10.6. The van der Waals surface area contributed by atoms with Gasteiger partial charge in [-0.2, -0.15) is 0 Å². The summed E-state index contributed by atoms with van der Waals surface area (Å²) in [5.74, 6) is 1.47. The second-order valence-corrected chi connectivity index (χ2v) is 7.98. The molecular formula is C24H33N3O2. The fraction of sp³-hybridized carbons (Fsp3) is 0.458. The van der Waals surface area contributed by atoms with Crippen LogP contribution in [-0.2, 0) is 4.79 Å². The first kappa shape index (κ1) is 21.3. The van der Waals surface area contributed by atoms with E-state index in [1.807, 2.05) is 49.4 Å². The molecule has 2 aromatic rings. The molecule has 0 radical (unpaired) electrons. The summed E-state index contributed by atoms with van der Waals surface area (Å²) < 4.78 is 5.79. The lowest BCUT2D eigenvalue weighted by molar-refractivity contribution is -0.121. The number of ether oxygens (including phenoxy) is 1. The van der Waals surface area contributed by atoms with E-state index in [1.54, 1.807) is 0 Å². The van der Waals surface area contributed by atoms with Gasteiger partial charge < -0.3 is 10.1 Å². The Morgan fingerprint density at radius 2 is 1.62 bits per heavy atom. The quantitative estimate of drug-likeness (QED) is 0.738. The number of piperazine rings is 1. The van der Waals surface area contributed by atoms with Crippen LogP contribution in [0.15, 0.2) is 54.6 Å². The Kier molecular flexibility index (Phi) is 7.67. The van der Waals surface area contributed by atoms with E-state index in [4.69, 9.17) is 4.74 Å². The maximum absolute atomic E-state index is 12.7. The van der Waals surface area contributed by atoms with Crippen molar-refractivity contribution in [3.05, 3.63) is 60.2 Å². The Bertz CT molecular complexity index is 753. The first-order valence-corrected chi connectivity index (χ1v) is 10.6. The van der Waals surface area contributed by atoms with E-state index in [-0.39, 0.29) is 11.9 Å². The van der Waals surface area contributed by atoms with Crippen molar-refractivity contribution in [1.82, 2.24) is 9.80 Å². The van der Waals surface area contributed by atoms with Crippen LogP contribution in [0.4, 0.5) is 5.69 Å². The Morgan fingerprint density at radius 1 is 0.966 bits per heavy atom. The maximum atomic E-state index is 12.7. The number of hydrogen-bond acceptors (Lipinski definition) is 4. The van der Waals surface area contributed by atoms with Crippen LogP contribution in [0.2, 0.25) is 0 Å². The highest BCUT2D eigenvalue weighted by atomic mass is 16.5. The van der Waals surface area contributed by atoms with Crippen LogP contribution in [0.5, 0.6) is 5.75 Å². The van der Waals surface area contributed by atoms with Gasteiger partial charge in [0.2, 0.25) is 5.91 Å². The Labute approximate surface area is 174 Å². The largest absolute Gasteiger partial charge is 0.492 e. The molecule has 5 nitrogen and oxygen atoms in total. The minimum absolute atomic E-state index is 0.0585. The van der Waals surface area contributed by atoms with Crippen molar-refractivity contribution in [3.63, 3.8) is 0 Å². The van der Waals surface area contributed by atoms with Crippen LogP contribution >= 0.6 is 0 Å². The fourth-order valence-electron chi connectivity index (χ4n) is 3.55. The van der Waals surface area contributed by atoms with Crippen LogP contribution in [0.25, 0.3) is 0 Å². The van der Waals surface area contributed by atoms with Crippen molar-refractivity contribution in [2.24, 2.45) is 0 Å². The highest BCUT2D eigenvalue weighted by molar-refractivity contribution is 5.94. The molecule has 3 rings (SSSR count). The summed E-state index contributed by atoms with van der Waals surface area (Å²) in [6, 6.07) is 17.9. The number of amides is 1. The zero-order chi connectivity index (χ0) is 20.6. The molecule has 0 aromatic heterocycles. The number of para-hydroxylation sites is 1.